The summed E-state index contributed by atoms with van der Waals surface area (Å²) in [5.41, 5.74) is 2.98. The van der Waals surface area contributed by atoms with E-state index in [1.807, 2.05) is 31.3 Å². The Balaban J connectivity index is 2.25. The Hall–Kier alpha value is -2.36. The molecule has 0 aliphatic heterocycles. The van der Waals surface area contributed by atoms with Gasteiger partial charge in [-0.25, -0.2) is 9.97 Å². The molecule has 1 aromatic carbocycles. The van der Waals surface area contributed by atoms with Gasteiger partial charge in [0.2, 0.25) is 0 Å². The van der Waals surface area contributed by atoms with Crippen molar-refractivity contribution in [1.29, 1.82) is 0 Å². The molecule has 2 aromatic heterocycles. The molecule has 0 unspecified atom stereocenters. The van der Waals surface area contributed by atoms with Crippen LogP contribution < -0.4 is 4.74 Å². The van der Waals surface area contributed by atoms with Crippen molar-refractivity contribution in [2.24, 2.45) is 0 Å². The van der Waals surface area contributed by atoms with Crippen molar-refractivity contribution < 1.29 is 4.74 Å². The van der Waals surface area contributed by atoms with Gasteiger partial charge in [0, 0.05) is 29.1 Å². The molecule has 0 radical (unpaired) electrons. The van der Waals surface area contributed by atoms with E-state index in [4.69, 9.17) is 4.74 Å². The summed E-state index contributed by atoms with van der Waals surface area (Å²) in [6.45, 7) is 2.04. The zero-order chi connectivity index (χ0) is 13.2. The highest BCUT2D eigenvalue weighted by Gasteiger charge is 2.13. The highest BCUT2D eigenvalue weighted by atomic mass is 16.5. The molecular weight excluding hydrogens is 238 g/mol. The van der Waals surface area contributed by atoms with E-state index in [-0.39, 0.29) is 0 Å². The lowest BCUT2D eigenvalue weighted by Gasteiger charge is -2.07. The monoisotopic (exact) mass is 253 g/mol. The largest absolute Gasteiger partial charge is 0.493 e. The van der Waals surface area contributed by atoms with Gasteiger partial charge in [0.1, 0.15) is 11.5 Å². The Bertz CT molecular complexity index is 718. The van der Waals surface area contributed by atoms with Crippen LogP contribution in [0.2, 0.25) is 0 Å². The first-order valence-corrected chi connectivity index (χ1v) is 6.30. The molecule has 0 spiro atoms. The molecule has 4 heteroatoms. The summed E-state index contributed by atoms with van der Waals surface area (Å²) in [6.07, 6.45) is 4.51. The first-order valence-electron chi connectivity index (χ1n) is 6.30. The zero-order valence-electron chi connectivity index (χ0n) is 11.0. The van der Waals surface area contributed by atoms with Gasteiger partial charge in [-0.05, 0) is 6.07 Å². The van der Waals surface area contributed by atoms with Crippen molar-refractivity contribution >= 4 is 10.9 Å². The van der Waals surface area contributed by atoms with Crippen LogP contribution in [0.5, 0.6) is 5.75 Å². The maximum absolute atomic E-state index is 5.38. The molecule has 0 amide bonds. The second-order valence-corrected chi connectivity index (χ2v) is 4.30. The number of aromatic amines is 1. The number of methoxy groups -OCH3 is 1. The van der Waals surface area contributed by atoms with E-state index in [0.717, 1.165) is 34.4 Å². The molecule has 0 fully saturated rings. The Morgan fingerprint density at radius 3 is 2.89 bits per heavy atom. The van der Waals surface area contributed by atoms with E-state index < -0.39 is 0 Å². The van der Waals surface area contributed by atoms with Crippen LogP contribution in [-0.2, 0) is 6.42 Å². The van der Waals surface area contributed by atoms with Crippen molar-refractivity contribution in [2.45, 2.75) is 13.3 Å². The number of fused-ring (bicyclic) bond motifs is 1. The lowest BCUT2D eigenvalue weighted by atomic mass is 10.1. The van der Waals surface area contributed by atoms with Gasteiger partial charge in [-0.1, -0.05) is 25.1 Å². The molecule has 3 aromatic rings. The van der Waals surface area contributed by atoms with Crippen molar-refractivity contribution in [2.75, 3.05) is 7.11 Å². The molecule has 4 nitrogen and oxygen atoms in total. The lowest BCUT2D eigenvalue weighted by Crippen LogP contribution is -1.98. The number of aromatic nitrogens is 3. The van der Waals surface area contributed by atoms with Gasteiger partial charge in [0.25, 0.3) is 0 Å². The number of para-hydroxylation sites is 1. The van der Waals surface area contributed by atoms with E-state index >= 15 is 0 Å². The molecule has 3 rings (SSSR count). The number of hydrogen-bond donors (Lipinski definition) is 1. The van der Waals surface area contributed by atoms with E-state index in [1.165, 1.54) is 0 Å². The van der Waals surface area contributed by atoms with Crippen LogP contribution in [0.3, 0.4) is 0 Å². The highest BCUT2D eigenvalue weighted by molar-refractivity contribution is 5.95. The van der Waals surface area contributed by atoms with Crippen LogP contribution in [0.1, 0.15) is 12.7 Å². The Morgan fingerprint density at radius 1 is 1.26 bits per heavy atom. The Kier molecular flexibility index (Phi) is 2.91. The predicted molar refractivity (Wildman–Crippen MR) is 75.3 cm³/mol. The number of H-pyrrole nitrogens is 1. The van der Waals surface area contributed by atoms with Crippen molar-refractivity contribution in [3.8, 4) is 17.0 Å². The van der Waals surface area contributed by atoms with E-state index in [0.29, 0.717) is 5.75 Å². The highest BCUT2D eigenvalue weighted by Crippen LogP contribution is 2.32. The van der Waals surface area contributed by atoms with Gasteiger partial charge >= 0.3 is 0 Å². The van der Waals surface area contributed by atoms with E-state index in [9.17, 15) is 0 Å². The lowest BCUT2D eigenvalue weighted by molar-refractivity contribution is 0.412. The minimum Gasteiger partial charge on any atom is -0.493 e. The standard InChI is InChI=1S/C15H15N3O/c1-3-14-17-9-13(19-2)15(18-14)11-8-16-12-7-5-4-6-10(11)12/h4-9,16H,3H2,1-2H3. The number of ether oxygens (including phenoxy) is 1. The fourth-order valence-electron chi connectivity index (χ4n) is 2.19. The maximum Gasteiger partial charge on any atom is 0.163 e. The molecule has 2 heterocycles. The van der Waals surface area contributed by atoms with Gasteiger partial charge in [-0.15, -0.1) is 0 Å². The van der Waals surface area contributed by atoms with E-state index in [1.54, 1.807) is 13.3 Å². The van der Waals surface area contributed by atoms with Crippen LogP contribution in [0.25, 0.3) is 22.2 Å². The van der Waals surface area contributed by atoms with Gasteiger partial charge in [0.15, 0.2) is 5.75 Å². The fraction of sp³-hybridized carbons (Fsp3) is 0.200. The first-order chi connectivity index (χ1) is 9.33. The fourth-order valence-corrected chi connectivity index (χ4v) is 2.19. The summed E-state index contributed by atoms with van der Waals surface area (Å²) in [4.78, 5) is 12.1. The third-order valence-electron chi connectivity index (χ3n) is 3.19. The second kappa shape index (κ2) is 4.72. The third-order valence-corrected chi connectivity index (χ3v) is 3.19. The first kappa shape index (κ1) is 11.7. The quantitative estimate of drug-likeness (QED) is 0.779. The number of nitrogens with zero attached hydrogens (tertiary/aromatic N) is 2. The molecule has 0 aliphatic rings. The molecule has 0 bridgehead atoms. The summed E-state index contributed by atoms with van der Waals surface area (Å²) in [7, 11) is 1.64. The third kappa shape index (κ3) is 1.95. The molecule has 0 saturated heterocycles. The normalized spacial score (nSPS) is 10.8. The van der Waals surface area contributed by atoms with E-state index in [2.05, 4.69) is 21.0 Å². The summed E-state index contributed by atoms with van der Waals surface area (Å²) in [6, 6.07) is 8.16. The summed E-state index contributed by atoms with van der Waals surface area (Å²) >= 11 is 0. The minimum absolute atomic E-state index is 0.696. The van der Waals surface area contributed by atoms with Gasteiger partial charge < -0.3 is 9.72 Å². The molecule has 19 heavy (non-hydrogen) atoms. The second-order valence-electron chi connectivity index (χ2n) is 4.30. The number of nitrogens with one attached hydrogen (secondary N) is 1. The van der Waals surface area contributed by atoms with Gasteiger partial charge in [0.05, 0.1) is 13.3 Å². The average molecular weight is 253 g/mol. The topological polar surface area (TPSA) is 50.8 Å². The van der Waals surface area contributed by atoms with Crippen LogP contribution in [0.4, 0.5) is 0 Å². The molecule has 0 atom stereocenters. The molecule has 96 valence electrons. The molecule has 0 saturated carbocycles. The van der Waals surface area contributed by atoms with Crippen LogP contribution in [0, 0.1) is 0 Å². The smallest absolute Gasteiger partial charge is 0.163 e. The molecular formula is C15H15N3O. The zero-order valence-corrected chi connectivity index (χ0v) is 11.0. The maximum atomic E-state index is 5.38. The average Bonchev–Trinajstić information content (AvgIpc) is 2.90. The predicted octanol–water partition coefficient (Wildman–Crippen LogP) is 3.20. The summed E-state index contributed by atoms with van der Waals surface area (Å²) < 4.78 is 5.38. The van der Waals surface area contributed by atoms with Crippen LogP contribution in [-0.4, -0.2) is 22.1 Å². The Labute approximate surface area is 111 Å². The van der Waals surface area contributed by atoms with Crippen molar-refractivity contribution in [3.63, 3.8) is 0 Å². The summed E-state index contributed by atoms with van der Waals surface area (Å²) in [5.74, 6) is 1.52. The number of hydrogen-bond acceptors (Lipinski definition) is 3. The number of aryl methyl sites for hydroxylation is 1. The van der Waals surface area contributed by atoms with Gasteiger partial charge in [-0.2, -0.15) is 0 Å². The number of rotatable bonds is 3. The molecule has 0 aliphatic carbocycles. The summed E-state index contributed by atoms with van der Waals surface area (Å²) in [5, 5.41) is 1.14. The minimum atomic E-state index is 0.696. The van der Waals surface area contributed by atoms with Crippen molar-refractivity contribution in [1.82, 2.24) is 15.0 Å². The van der Waals surface area contributed by atoms with Crippen LogP contribution in [0.15, 0.2) is 36.7 Å². The van der Waals surface area contributed by atoms with Gasteiger partial charge in [-0.3, -0.25) is 0 Å². The SMILES string of the molecule is CCc1ncc(OC)c(-c2c[nH]c3ccccc23)n1. The number of benzene rings is 1. The molecule has 1 N–H and O–H groups in total. The Morgan fingerprint density at radius 2 is 2.11 bits per heavy atom. The van der Waals surface area contributed by atoms with Crippen LogP contribution >= 0.6 is 0 Å². The van der Waals surface area contributed by atoms with Crippen molar-refractivity contribution in [3.05, 3.63) is 42.5 Å².